The second-order valence-corrected chi connectivity index (χ2v) is 7.82. The summed E-state index contributed by atoms with van der Waals surface area (Å²) in [6.07, 6.45) is 4.01. The minimum Gasteiger partial charge on any atom is -0.481 e. The SMILES string of the molecule is CC(C)(CNC(=O)C1CCC(C(C)(C)C)CC1)C(=O)O. The highest BCUT2D eigenvalue weighted by molar-refractivity contribution is 5.80. The highest BCUT2D eigenvalue weighted by Crippen LogP contribution is 2.39. The molecule has 0 spiro atoms. The lowest BCUT2D eigenvalue weighted by Gasteiger charge is -2.36. The second-order valence-electron chi connectivity index (χ2n) is 7.82. The molecule has 0 radical (unpaired) electrons. The molecule has 2 N–H and O–H groups in total. The van der Waals surface area contributed by atoms with Crippen LogP contribution in [0.5, 0.6) is 0 Å². The van der Waals surface area contributed by atoms with Crippen LogP contribution in [0.4, 0.5) is 0 Å². The Balaban J connectivity index is 2.42. The van der Waals surface area contributed by atoms with Gasteiger partial charge in [-0.05, 0) is 50.9 Å². The van der Waals surface area contributed by atoms with E-state index < -0.39 is 11.4 Å². The van der Waals surface area contributed by atoms with Crippen molar-refractivity contribution in [1.82, 2.24) is 5.32 Å². The van der Waals surface area contributed by atoms with Gasteiger partial charge in [0.2, 0.25) is 5.91 Å². The lowest BCUT2D eigenvalue weighted by atomic mass is 9.69. The summed E-state index contributed by atoms with van der Waals surface area (Å²) in [5.74, 6) is -0.124. The predicted molar refractivity (Wildman–Crippen MR) is 79.3 cm³/mol. The van der Waals surface area contributed by atoms with E-state index in [9.17, 15) is 9.59 Å². The van der Waals surface area contributed by atoms with Crippen molar-refractivity contribution >= 4 is 11.9 Å². The summed E-state index contributed by atoms with van der Waals surface area (Å²) in [4.78, 5) is 23.1. The molecule has 0 heterocycles. The summed E-state index contributed by atoms with van der Waals surface area (Å²) in [6, 6.07) is 0. The van der Waals surface area contributed by atoms with Crippen LogP contribution in [0, 0.1) is 22.7 Å². The van der Waals surface area contributed by atoms with E-state index in [1.165, 1.54) is 0 Å². The van der Waals surface area contributed by atoms with Gasteiger partial charge in [-0.2, -0.15) is 0 Å². The number of hydrogen-bond donors (Lipinski definition) is 2. The van der Waals surface area contributed by atoms with Crippen molar-refractivity contribution in [3.63, 3.8) is 0 Å². The van der Waals surface area contributed by atoms with Crippen LogP contribution in [-0.2, 0) is 9.59 Å². The molecule has 1 aliphatic rings. The summed E-state index contributed by atoms with van der Waals surface area (Å²) >= 11 is 0. The Labute approximate surface area is 122 Å². The molecule has 1 amide bonds. The molecule has 0 atom stereocenters. The number of hydrogen-bond acceptors (Lipinski definition) is 2. The second kappa shape index (κ2) is 6.15. The quantitative estimate of drug-likeness (QED) is 0.833. The van der Waals surface area contributed by atoms with E-state index >= 15 is 0 Å². The fraction of sp³-hybridized carbons (Fsp3) is 0.875. The van der Waals surface area contributed by atoms with Gasteiger partial charge in [0.25, 0.3) is 0 Å². The Hall–Kier alpha value is -1.06. The van der Waals surface area contributed by atoms with Crippen LogP contribution < -0.4 is 5.32 Å². The van der Waals surface area contributed by atoms with Crippen molar-refractivity contribution in [2.75, 3.05) is 6.54 Å². The fourth-order valence-electron chi connectivity index (χ4n) is 2.75. The third-order valence-electron chi connectivity index (χ3n) is 4.61. The Morgan fingerprint density at radius 2 is 1.55 bits per heavy atom. The van der Waals surface area contributed by atoms with Gasteiger partial charge in [0.15, 0.2) is 0 Å². The van der Waals surface area contributed by atoms with Gasteiger partial charge in [0, 0.05) is 12.5 Å². The molecule has 0 unspecified atom stereocenters. The Morgan fingerprint density at radius 1 is 1.05 bits per heavy atom. The molecule has 0 aromatic rings. The number of carbonyl (C=O) groups excluding carboxylic acids is 1. The monoisotopic (exact) mass is 283 g/mol. The topological polar surface area (TPSA) is 66.4 Å². The summed E-state index contributed by atoms with van der Waals surface area (Å²) in [5.41, 5.74) is -0.592. The smallest absolute Gasteiger partial charge is 0.310 e. The average molecular weight is 283 g/mol. The van der Waals surface area contributed by atoms with Gasteiger partial charge in [-0.25, -0.2) is 0 Å². The number of carboxylic acids is 1. The molecular formula is C16H29NO3. The van der Waals surface area contributed by atoms with Gasteiger partial charge >= 0.3 is 5.97 Å². The number of amides is 1. The Bertz CT molecular complexity index is 360. The summed E-state index contributed by atoms with van der Waals surface area (Å²) < 4.78 is 0. The largest absolute Gasteiger partial charge is 0.481 e. The van der Waals surface area contributed by atoms with Crippen LogP contribution in [0.25, 0.3) is 0 Å². The maximum Gasteiger partial charge on any atom is 0.310 e. The normalized spacial score (nSPS) is 24.2. The maximum absolute atomic E-state index is 12.1. The van der Waals surface area contributed by atoms with Crippen LogP contribution in [0.2, 0.25) is 0 Å². The van der Waals surface area contributed by atoms with Crippen LogP contribution >= 0.6 is 0 Å². The minimum atomic E-state index is -0.904. The van der Waals surface area contributed by atoms with Crippen molar-refractivity contribution in [1.29, 1.82) is 0 Å². The lowest BCUT2D eigenvalue weighted by Crippen LogP contribution is -2.42. The minimum absolute atomic E-state index is 0.0201. The number of carboxylic acid groups (broad SMARTS) is 1. The molecule has 0 aliphatic heterocycles. The van der Waals surface area contributed by atoms with E-state index in [1.807, 2.05) is 0 Å². The molecule has 4 heteroatoms. The number of aliphatic carboxylic acids is 1. The zero-order valence-corrected chi connectivity index (χ0v) is 13.5. The molecule has 20 heavy (non-hydrogen) atoms. The highest BCUT2D eigenvalue weighted by Gasteiger charge is 2.33. The maximum atomic E-state index is 12.1. The number of rotatable bonds is 4. The molecule has 1 saturated carbocycles. The van der Waals surface area contributed by atoms with Crippen LogP contribution in [0.15, 0.2) is 0 Å². The van der Waals surface area contributed by atoms with Gasteiger partial charge in [0.1, 0.15) is 0 Å². The summed E-state index contributed by atoms with van der Waals surface area (Å²) in [5, 5.41) is 11.8. The molecule has 0 aromatic carbocycles. The van der Waals surface area contributed by atoms with Crippen molar-refractivity contribution in [2.24, 2.45) is 22.7 Å². The fourth-order valence-corrected chi connectivity index (χ4v) is 2.75. The van der Waals surface area contributed by atoms with Crippen molar-refractivity contribution < 1.29 is 14.7 Å². The standard InChI is InChI=1S/C16H29NO3/c1-15(2,3)12-8-6-11(7-9-12)13(18)17-10-16(4,5)14(19)20/h11-12H,6-10H2,1-5H3,(H,17,18)(H,19,20). The first-order valence-corrected chi connectivity index (χ1v) is 7.55. The van der Waals surface area contributed by atoms with E-state index in [2.05, 4.69) is 26.1 Å². The first kappa shape index (κ1) is 17.0. The summed E-state index contributed by atoms with van der Waals surface area (Å²) in [6.45, 7) is 10.2. The lowest BCUT2D eigenvalue weighted by molar-refractivity contribution is -0.147. The van der Waals surface area contributed by atoms with E-state index in [0.717, 1.165) is 25.7 Å². The van der Waals surface area contributed by atoms with Crippen molar-refractivity contribution in [3.05, 3.63) is 0 Å². The predicted octanol–water partition coefficient (Wildman–Crippen LogP) is 3.07. The van der Waals surface area contributed by atoms with E-state index in [1.54, 1.807) is 13.8 Å². The van der Waals surface area contributed by atoms with Gasteiger partial charge < -0.3 is 10.4 Å². The number of nitrogens with one attached hydrogen (secondary N) is 1. The van der Waals surface area contributed by atoms with Crippen LogP contribution in [0.1, 0.15) is 60.3 Å². The first-order chi connectivity index (χ1) is 9.04. The molecule has 1 aliphatic carbocycles. The Morgan fingerprint density at radius 3 is 1.95 bits per heavy atom. The van der Waals surface area contributed by atoms with Gasteiger partial charge in [-0.1, -0.05) is 20.8 Å². The molecule has 4 nitrogen and oxygen atoms in total. The zero-order chi connectivity index (χ0) is 15.6. The average Bonchev–Trinajstić information content (AvgIpc) is 2.35. The third kappa shape index (κ3) is 4.50. The van der Waals surface area contributed by atoms with Crippen molar-refractivity contribution in [2.45, 2.75) is 60.3 Å². The molecule has 1 fully saturated rings. The molecule has 0 bridgehead atoms. The van der Waals surface area contributed by atoms with Crippen LogP contribution in [-0.4, -0.2) is 23.5 Å². The molecule has 116 valence electrons. The van der Waals surface area contributed by atoms with E-state index in [-0.39, 0.29) is 18.4 Å². The Kier molecular flexibility index (Phi) is 5.22. The summed E-state index contributed by atoms with van der Waals surface area (Å²) in [7, 11) is 0. The number of carbonyl (C=O) groups is 2. The third-order valence-corrected chi connectivity index (χ3v) is 4.61. The molecular weight excluding hydrogens is 254 g/mol. The van der Waals surface area contributed by atoms with Crippen molar-refractivity contribution in [3.8, 4) is 0 Å². The first-order valence-electron chi connectivity index (χ1n) is 7.55. The highest BCUT2D eigenvalue weighted by atomic mass is 16.4. The molecule has 0 saturated heterocycles. The van der Waals surface area contributed by atoms with E-state index in [4.69, 9.17) is 5.11 Å². The zero-order valence-electron chi connectivity index (χ0n) is 13.5. The molecule has 0 aromatic heterocycles. The molecule has 1 rings (SSSR count). The van der Waals surface area contributed by atoms with Crippen LogP contribution in [0.3, 0.4) is 0 Å². The van der Waals surface area contributed by atoms with Gasteiger partial charge in [0.05, 0.1) is 5.41 Å². The van der Waals surface area contributed by atoms with Gasteiger partial charge in [-0.3, -0.25) is 9.59 Å². The van der Waals surface area contributed by atoms with E-state index in [0.29, 0.717) is 11.3 Å². The van der Waals surface area contributed by atoms with Gasteiger partial charge in [-0.15, -0.1) is 0 Å².